The third kappa shape index (κ3) is 3.64. The molecule has 5 nitrogen and oxygen atoms in total. The molecule has 3 rings (SSSR count). The van der Waals surface area contributed by atoms with E-state index in [1.165, 1.54) is 10.4 Å². The molecule has 2 aromatic heterocycles. The lowest BCUT2D eigenvalue weighted by atomic mass is 10.1. The lowest BCUT2D eigenvalue weighted by molar-refractivity contribution is 0.414. The largest absolute Gasteiger partial charge is 0.497 e. The number of methoxy groups -OCH3 is 1. The molecule has 2 heterocycles. The van der Waals surface area contributed by atoms with Gasteiger partial charge < -0.3 is 4.74 Å². The molecule has 0 bridgehead atoms. The van der Waals surface area contributed by atoms with Gasteiger partial charge in [0.2, 0.25) is 0 Å². The van der Waals surface area contributed by atoms with Crippen LogP contribution in [0.25, 0.3) is 0 Å². The normalized spacial score (nSPS) is 11.0. The Balaban J connectivity index is 1.80. The zero-order chi connectivity index (χ0) is 17.1. The first kappa shape index (κ1) is 16.6. The molecule has 0 N–H and O–H groups in total. The Morgan fingerprint density at radius 1 is 1.08 bits per heavy atom. The predicted molar refractivity (Wildman–Crippen MR) is 95.9 cm³/mol. The van der Waals surface area contributed by atoms with Gasteiger partial charge in [-0.25, -0.2) is 14.6 Å². The van der Waals surface area contributed by atoms with Gasteiger partial charge in [-0.1, -0.05) is 12.1 Å². The van der Waals surface area contributed by atoms with Crippen molar-refractivity contribution in [1.29, 1.82) is 0 Å². The second-order valence-corrected chi connectivity index (χ2v) is 6.99. The second-order valence-electron chi connectivity index (χ2n) is 5.70. The first-order chi connectivity index (χ1) is 11.6. The minimum absolute atomic E-state index is 0.727. The molecule has 0 radical (unpaired) electrons. The minimum atomic E-state index is 0.727. The molecular weight excluding hydrogens is 320 g/mol. The van der Waals surface area contributed by atoms with Crippen LogP contribution in [0.5, 0.6) is 5.75 Å². The van der Waals surface area contributed by atoms with Gasteiger partial charge in [0, 0.05) is 24.3 Å². The second kappa shape index (κ2) is 7.13. The van der Waals surface area contributed by atoms with Gasteiger partial charge in [-0.05, 0) is 38.5 Å². The molecule has 0 unspecified atom stereocenters. The highest BCUT2D eigenvalue weighted by Crippen LogP contribution is 2.21. The van der Waals surface area contributed by atoms with E-state index in [2.05, 4.69) is 36.1 Å². The molecule has 6 heteroatoms. The van der Waals surface area contributed by atoms with E-state index in [1.807, 2.05) is 23.7 Å². The van der Waals surface area contributed by atoms with Crippen molar-refractivity contribution in [3.63, 3.8) is 0 Å². The maximum atomic E-state index is 5.20. The molecule has 126 valence electrons. The standard InChI is InChI=1S/C18H22N4OS/c1-5-22-18(11-16-12(2)19-13(3)24-16)20-17(21-22)10-14-6-8-15(23-4)9-7-14/h6-9H,5,10-11H2,1-4H3. The van der Waals surface area contributed by atoms with E-state index in [0.29, 0.717) is 0 Å². The maximum Gasteiger partial charge on any atom is 0.155 e. The predicted octanol–water partition coefficient (Wildman–Crippen LogP) is 3.56. The van der Waals surface area contributed by atoms with Crippen molar-refractivity contribution in [2.75, 3.05) is 7.11 Å². The first-order valence-electron chi connectivity index (χ1n) is 8.07. The van der Waals surface area contributed by atoms with Crippen molar-refractivity contribution in [3.05, 3.63) is 57.1 Å². The topological polar surface area (TPSA) is 52.8 Å². The van der Waals surface area contributed by atoms with Crippen molar-refractivity contribution in [1.82, 2.24) is 19.7 Å². The van der Waals surface area contributed by atoms with Crippen molar-refractivity contribution >= 4 is 11.3 Å². The summed E-state index contributed by atoms with van der Waals surface area (Å²) in [6, 6.07) is 8.05. The maximum absolute atomic E-state index is 5.20. The molecule has 0 fully saturated rings. The van der Waals surface area contributed by atoms with Gasteiger partial charge in [-0.2, -0.15) is 5.10 Å². The van der Waals surface area contributed by atoms with Gasteiger partial charge in [-0.15, -0.1) is 11.3 Å². The van der Waals surface area contributed by atoms with Crippen LogP contribution in [0.2, 0.25) is 0 Å². The number of hydrogen-bond acceptors (Lipinski definition) is 5. The average molecular weight is 342 g/mol. The molecule has 0 aliphatic heterocycles. The number of benzene rings is 1. The van der Waals surface area contributed by atoms with Crippen LogP contribution in [0.15, 0.2) is 24.3 Å². The summed E-state index contributed by atoms with van der Waals surface area (Å²) >= 11 is 1.74. The Morgan fingerprint density at radius 2 is 1.83 bits per heavy atom. The van der Waals surface area contributed by atoms with E-state index < -0.39 is 0 Å². The van der Waals surface area contributed by atoms with E-state index in [1.54, 1.807) is 18.4 Å². The number of hydrogen-bond donors (Lipinski definition) is 0. The molecule has 0 atom stereocenters. The van der Waals surface area contributed by atoms with E-state index in [4.69, 9.17) is 9.72 Å². The smallest absolute Gasteiger partial charge is 0.155 e. The molecule has 0 amide bonds. The van der Waals surface area contributed by atoms with Gasteiger partial charge in [-0.3, -0.25) is 0 Å². The molecule has 0 aliphatic carbocycles. The van der Waals surface area contributed by atoms with Crippen LogP contribution in [0.1, 0.15) is 39.7 Å². The zero-order valence-electron chi connectivity index (χ0n) is 14.5. The number of nitrogens with zero attached hydrogens (tertiary/aromatic N) is 4. The molecule has 0 aliphatic rings. The highest BCUT2D eigenvalue weighted by Gasteiger charge is 2.13. The van der Waals surface area contributed by atoms with Crippen LogP contribution in [0, 0.1) is 13.8 Å². The first-order valence-corrected chi connectivity index (χ1v) is 8.89. The van der Waals surface area contributed by atoms with Crippen LogP contribution < -0.4 is 4.74 Å². The number of aromatic nitrogens is 4. The van der Waals surface area contributed by atoms with Gasteiger partial charge in [0.1, 0.15) is 11.6 Å². The number of aryl methyl sites for hydroxylation is 3. The van der Waals surface area contributed by atoms with E-state index >= 15 is 0 Å². The van der Waals surface area contributed by atoms with Crippen molar-refractivity contribution in [3.8, 4) is 5.75 Å². The SMILES string of the molecule is CCn1nc(Cc2ccc(OC)cc2)nc1Cc1sc(C)nc1C. The Bertz CT molecular complexity index is 820. The van der Waals surface area contributed by atoms with Gasteiger partial charge in [0.05, 0.1) is 17.8 Å². The van der Waals surface area contributed by atoms with Crippen LogP contribution in [0.4, 0.5) is 0 Å². The van der Waals surface area contributed by atoms with Crippen LogP contribution in [-0.4, -0.2) is 26.9 Å². The van der Waals surface area contributed by atoms with Crippen LogP contribution >= 0.6 is 11.3 Å². The third-order valence-corrected chi connectivity index (χ3v) is 5.00. The number of ether oxygens (including phenoxy) is 1. The fourth-order valence-corrected chi connectivity index (χ4v) is 3.63. The monoisotopic (exact) mass is 342 g/mol. The fourth-order valence-electron chi connectivity index (χ4n) is 2.69. The Morgan fingerprint density at radius 3 is 2.42 bits per heavy atom. The summed E-state index contributed by atoms with van der Waals surface area (Å²) in [7, 11) is 1.68. The van der Waals surface area contributed by atoms with E-state index in [-0.39, 0.29) is 0 Å². The molecule has 3 aromatic rings. The van der Waals surface area contributed by atoms with E-state index in [0.717, 1.165) is 47.5 Å². The molecule has 0 saturated heterocycles. The average Bonchev–Trinajstić information content (AvgIpc) is 3.10. The third-order valence-electron chi connectivity index (χ3n) is 3.93. The quantitative estimate of drug-likeness (QED) is 0.687. The summed E-state index contributed by atoms with van der Waals surface area (Å²) in [6.45, 7) is 7.02. The summed E-state index contributed by atoms with van der Waals surface area (Å²) < 4.78 is 7.19. The van der Waals surface area contributed by atoms with Gasteiger partial charge in [0.15, 0.2) is 5.82 Å². The van der Waals surface area contributed by atoms with Crippen molar-refractivity contribution < 1.29 is 4.74 Å². The fraction of sp³-hybridized carbons (Fsp3) is 0.389. The molecular formula is C18H22N4OS. The lowest BCUT2D eigenvalue weighted by Gasteiger charge is -2.01. The summed E-state index contributed by atoms with van der Waals surface area (Å²) in [5, 5.41) is 5.76. The Hall–Kier alpha value is -2.21. The van der Waals surface area contributed by atoms with Crippen molar-refractivity contribution in [2.24, 2.45) is 0 Å². The van der Waals surface area contributed by atoms with Gasteiger partial charge >= 0.3 is 0 Å². The number of thiazole rings is 1. The van der Waals surface area contributed by atoms with Crippen molar-refractivity contribution in [2.45, 2.75) is 40.2 Å². The summed E-state index contributed by atoms with van der Waals surface area (Å²) in [4.78, 5) is 10.5. The number of rotatable bonds is 6. The molecule has 1 aromatic carbocycles. The van der Waals surface area contributed by atoms with Crippen LogP contribution in [-0.2, 0) is 19.4 Å². The van der Waals surface area contributed by atoms with Crippen LogP contribution in [0.3, 0.4) is 0 Å². The zero-order valence-corrected chi connectivity index (χ0v) is 15.4. The van der Waals surface area contributed by atoms with E-state index in [9.17, 15) is 0 Å². The minimum Gasteiger partial charge on any atom is -0.497 e. The summed E-state index contributed by atoms with van der Waals surface area (Å²) in [5.41, 5.74) is 2.28. The summed E-state index contributed by atoms with van der Waals surface area (Å²) in [5.74, 6) is 2.73. The Labute approximate surface area is 146 Å². The summed E-state index contributed by atoms with van der Waals surface area (Å²) in [6.07, 6.45) is 1.52. The van der Waals surface area contributed by atoms with Gasteiger partial charge in [0.25, 0.3) is 0 Å². The molecule has 0 spiro atoms. The highest BCUT2D eigenvalue weighted by atomic mass is 32.1. The molecule has 0 saturated carbocycles. The Kier molecular flexibility index (Phi) is 4.94. The highest BCUT2D eigenvalue weighted by molar-refractivity contribution is 7.11. The lowest BCUT2D eigenvalue weighted by Crippen LogP contribution is -2.04. The molecule has 24 heavy (non-hydrogen) atoms.